The average Bonchev–Trinajstić information content (AvgIpc) is 3.27. The molecule has 2 aromatic heterocycles. The summed E-state index contributed by atoms with van der Waals surface area (Å²) in [6.07, 6.45) is 6.12. The van der Waals surface area contributed by atoms with Gasteiger partial charge in [-0.05, 0) is 19.9 Å². The number of carbonyl (C=O) groups is 1. The van der Waals surface area contributed by atoms with E-state index in [9.17, 15) is 9.18 Å². The topological polar surface area (TPSA) is 86.9 Å². The molecule has 0 aromatic carbocycles. The number of fused-ring (bicyclic) bond motifs is 2. The monoisotopic (exact) mass is 383 g/mol. The molecule has 0 saturated carbocycles. The molecule has 0 saturated heterocycles. The number of nitrogens with zero attached hydrogens (tertiary/aromatic N) is 5. The summed E-state index contributed by atoms with van der Waals surface area (Å²) in [5.41, 5.74) is 2.32. The van der Waals surface area contributed by atoms with Crippen LogP contribution in [0, 0.1) is 5.92 Å². The van der Waals surface area contributed by atoms with Gasteiger partial charge < -0.3 is 15.5 Å². The van der Waals surface area contributed by atoms with Gasteiger partial charge >= 0.3 is 0 Å². The highest BCUT2D eigenvalue weighted by molar-refractivity contribution is 6.00. The van der Waals surface area contributed by atoms with E-state index in [4.69, 9.17) is 4.98 Å². The number of aromatic nitrogens is 3. The van der Waals surface area contributed by atoms with E-state index >= 15 is 0 Å². The van der Waals surface area contributed by atoms with Crippen LogP contribution in [-0.2, 0) is 0 Å². The molecule has 4 heterocycles. The summed E-state index contributed by atoms with van der Waals surface area (Å²) in [7, 11) is 3.34. The molecule has 0 spiro atoms. The van der Waals surface area contributed by atoms with Gasteiger partial charge in [0, 0.05) is 43.9 Å². The first kappa shape index (κ1) is 18.1. The lowest BCUT2D eigenvalue weighted by molar-refractivity contribution is 0.0964. The Hall–Kier alpha value is -3.23. The van der Waals surface area contributed by atoms with Crippen molar-refractivity contribution < 1.29 is 9.18 Å². The van der Waals surface area contributed by atoms with Crippen molar-refractivity contribution in [3.63, 3.8) is 0 Å². The quantitative estimate of drug-likeness (QED) is 0.844. The van der Waals surface area contributed by atoms with E-state index in [2.05, 4.69) is 39.5 Å². The van der Waals surface area contributed by atoms with E-state index in [0.29, 0.717) is 22.7 Å². The minimum absolute atomic E-state index is 0.195. The third kappa shape index (κ3) is 2.74. The van der Waals surface area contributed by atoms with Gasteiger partial charge in [0.2, 0.25) is 0 Å². The normalized spacial score (nSPS) is 21.0. The summed E-state index contributed by atoms with van der Waals surface area (Å²) in [5, 5.41) is 9.96. The van der Waals surface area contributed by atoms with E-state index in [0.717, 1.165) is 5.57 Å². The number of halogens is 1. The van der Waals surface area contributed by atoms with Gasteiger partial charge in [-0.1, -0.05) is 0 Å². The van der Waals surface area contributed by atoms with Crippen LogP contribution in [0.3, 0.4) is 0 Å². The maximum atomic E-state index is 14.0. The molecule has 2 aliphatic heterocycles. The number of aliphatic imine (C=N–C) groups is 1. The number of carbonyl (C=O) groups excluding carboxylic acids is 1. The van der Waals surface area contributed by atoms with Gasteiger partial charge in [0.1, 0.15) is 23.4 Å². The first-order valence-corrected chi connectivity index (χ1v) is 9.13. The first-order chi connectivity index (χ1) is 13.4. The summed E-state index contributed by atoms with van der Waals surface area (Å²) >= 11 is 0. The zero-order valence-corrected chi connectivity index (χ0v) is 16.1. The highest BCUT2D eigenvalue weighted by Gasteiger charge is 2.38. The predicted molar refractivity (Wildman–Crippen MR) is 106 cm³/mol. The van der Waals surface area contributed by atoms with Crippen molar-refractivity contribution in [1.82, 2.24) is 24.8 Å². The summed E-state index contributed by atoms with van der Waals surface area (Å²) in [5.74, 6) is -0.196. The Labute approximate surface area is 161 Å². The molecule has 0 bridgehead atoms. The Balaban J connectivity index is 1.89. The zero-order valence-electron chi connectivity index (χ0n) is 16.1. The molecule has 2 atom stereocenters. The fraction of sp³-hybridized carbons (Fsp3) is 0.368. The van der Waals surface area contributed by atoms with E-state index in [1.165, 1.54) is 12.4 Å². The maximum absolute atomic E-state index is 14.0. The summed E-state index contributed by atoms with van der Waals surface area (Å²) in [4.78, 5) is 23.4. The van der Waals surface area contributed by atoms with E-state index in [1.54, 1.807) is 24.7 Å². The second-order valence-corrected chi connectivity index (χ2v) is 7.04. The number of allylic oxidation sites excluding steroid dienone is 1. The van der Waals surface area contributed by atoms with Crippen molar-refractivity contribution in [2.75, 3.05) is 19.4 Å². The van der Waals surface area contributed by atoms with Gasteiger partial charge in [-0.2, -0.15) is 9.61 Å². The number of hydrogen-bond donors (Lipinski definition) is 2. The number of anilines is 1. The Morgan fingerprint density at radius 1 is 1.32 bits per heavy atom. The molecule has 1 amide bonds. The average molecular weight is 383 g/mol. The van der Waals surface area contributed by atoms with E-state index < -0.39 is 0 Å². The van der Waals surface area contributed by atoms with Crippen molar-refractivity contribution in [1.29, 1.82) is 0 Å². The minimum atomic E-state index is -0.358. The van der Waals surface area contributed by atoms with Crippen LogP contribution in [0.25, 0.3) is 11.2 Å². The molecule has 0 fully saturated rings. The lowest BCUT2D eigenvalue weighted by Gasteiger charge is -2.30. The number of nitrogens with one attached hydrogen (secondary N) is 2. The van der Waals surface area contributed by atoms with Crippen LogP contribution >= 0.6 is 0 Å². The molecule has 28 heavy (non-hydrogen) atoms. The van der Waals surface area contributed by atoms with Gasteiger partial charge in [0.05, 0.1) is 18.1 Å². The lowest BCUT2D eigenvalue weighted by Crippen LogP contribution is -2.36. The highest BCUT2D eigenvalue weighted by Crippen LogP contribution is 2.40. The fourth-order valence-corrected chi connectivity index (χ4v) is 3.65. The molecule has 2 aromatic rings. The van der Waals surface area contributed by atoms with Gasteiger partial charge in [-0.3, -0.25) is 9.79 Å². The second-order valence-electron chi connectivity index (χ2n) is 7.04. The molecular weight excluding hydrogens is 361 g/mol. The number of hydrogen-bond acceptors (Lipinski definition) is 6. The SMILES string of the molecule is CNC(=O)c1cnn2c(NC)cc(C3=CN(C(C)C)C4N=CC(F)=CC34)nc12. The van der Waals surface area contributed by atoms with E-state index in [-0.39, 0.29) is 29.9 Å². The van der Waals surface area contributed by atoms with Crippen LogP contribution in [0.4, 0.5) is 10.2 Å². The third-order valence-corrected chi connectivity index (χ3v) is 5.06. The largest absolute Gasteiger partial charge is 0.373 e. The molecular formula is C19H22FN7O. The van der Waals surface area contributed by atoms with Crippen LogP contribution in [0.15, 0.2) is 35.4 Å². The summed E-state index contributed by atoms with van der Waals surface area (Å²) in [6.45, 7) is 4.13. The summed E-state index contributed by atoms with van der Waals surface area (Å²) in [6, 6.07) is 2.05. The van der Waals surface area contributed by atoms with Crippen LogP contribution in [0.2, 0.25) is 0 Å². The molecule has 146 valence electrons. The van der Waals surface area contributed by atoms with Crippen molar-refractivity contribution in [2.24, 2.45) is 10.9 Å². The molecule has 2 unspecified atom stereocenters. The van der Waals surface area contributed by atoms with Crippen LogP contribution in [-0.4, -0.2) is 57.9 Å². The van der Waals surface area contributed by atoms with Crippen LogP contribution in [0.1, 0.15) is 29.9 Å². The standard InChI is InChI=1S/C19H22FN7O/c1-10(2)26-9-14(12-5-11(20)7-23-17(12)26)15-6-16(21-3)27-18(25-15)13(8-24-27)19(28)22-4/h5-10,12,17,21H,1-4H3,(H,22,28). The van der Waals surface area contributed by atoms with Gasteiger partial charge in [-0.25, -0.2) is 9.37 Å². The second kappa shape index (κ2) is 6.74. The third-order valence-electron chi connectivity index (χ3n) is 5.06. The Bertz CT molecular complexity index is 1040. The number of amides is 1. The lowest BCUT2D eigenvalue weighted by atomic mass is 9.94. The van der Waals surface area contributed by atoms with Gasteiger partial charge in [0.25, 0.3) is 5.91 Å². The Kier molecular flexibility index (Phi) is 4.37. The molecule has 9 heteroatoms. The summed E-state index contributed by atoms with van der Waals surface area (Å²) < 4.78 is 15.6. The molecule has 2 aliphatic rings. The van der Waals surface area contributed by atoms with E-state index in [1.807, 2.05) is 12.3 Å². The van der Waals surface area contributed by atoms with Crippen molar-refractivity contribution in [3.8, 4) is 0 Å². The number of dihydropyridines is 1. The molecule has 2 N–H and O–H groups in total. The molecule has 4 rings (SSSR count). The van der Waals surface area contributed by atoms with Crippen LogP contribution in [0.5, 0.6) is 0 Å². The maximum Gasteiger partial charge on any atom is 0.256 e. The smallest absolute Gasteiger partial charge is 0.256 e. The number of rotatable bonds is 4. The fourth-order valence-electron chi connectivity index (χ4n) is 3.65. The first-order valence-electron chi connectivity index (χ1n) is 9.13. The van der Waals surface area contributed by atoms with Crippen molar-refractivity contribution in [3.05, 3.63) is 41.6 Å². The predicted octanol–water partition coefficient (Wildman–Crippen LogP) is 2.08. The van der Waals surface area contributed by atoms with Crippen molar-refractivity contribution in [2.45, 2.75) is 26.1 Å². The Morgan fingerprint density at radius 3 is 2.79 bits per heavy atom. The zero-order chi connectivity index (χ0) is 20.0. The highest BCUT2D eigenvalue weighted by atomic mass is 19.1. The molecule has 0 aliphatic carbocycles. The Morgan fingerprint density at radius 2 is 2.11 bits per heavy atom. The van der Waals surface area contributed by atoms with Crippen LogP contribution < -0.4 is 10.6 Å². The minimum Gasteiger partial charge on any atom is -0.373 e. The van der Waals surface area contributed by atoms with Gasteiger partial charge in [0.15, 0.2) is 5.65 Å². The molecule has 0 radical (unpaired) electrons. The van der Waals surface area contributed by atoms with Gasteiger partial charge in [-0.15, -0.1) is 0 Å². The van der Waals surface area contributed by atoms with Crippen molar-refractivity contribution >= 4 is 29.2 Å². The molecule has 8 nitrogen and oxygen atoms in total.